The van der Waals surface area contributed by atoms with Gasteiger partial charge in [-0.3, -0.25) is 9.36 Å². The van der Waals surface area contributed by atoms with Gasteiger partial charge in [0, 0.05) is 18.1 Å². The molecular formula is C17H11ClN4O. The molecule has 5 rings (SSSR count). The largest absolute Gasteiger partial charge is 0.351 e. The maximum Gasteiger partial charge on any atom is 0.263 e. The molecule has 23 heavy (non-hydrogen) atoms. The SMILES string of the molecule is O=c1c2cccnc2nc2n1CCc1c-2[nH]c2c(Cl)cccc12. The maximum atomic E-state index is 12.7. The summed E-state index contributed by atoms with van der Waals surface area (Å²) in [4.78, 5) is 24.9. The van der Waals surface area contributed by atoms with Gasteiger partial charge in [-0.15, -0.1) is 0 Å². The first-order valence-corrected chi connectivity index (χ1v) is 7.77. The second-order valence-corrected chi connectivity index (χ2v) is 6.06. The number of rotatable bonds is 0. The van der Waals surface area contributed by atoms with Gasteiger partial charge in [0.15, 0.2) is 11.5 Å². The first-order chi connectivity index (χ1) is 11.2. The molecule has 0 amide bonds. The standard InChI is InChI=1S/C17H11ClN4O/c18-12-5-1-3-9-10-6-8-22-16(14(10)20-13(9)12)21-15-11(17(22)23)4-2-7-19-15/h1-5,7,20H,6,8H2. The number of benzene rings is 1. The molecule has 0 saturated heterocycles. The summed E-state index contributed by atoms with van der Waals surface area (Å²) in [7, 11) is 0. The Morgan fingerprint density at radius 3 is 2.96 bits per heavy atom. The van der Waals surface area contributed by atoms with Gasteiger partial charge >= 0.3 is 0 Å². The van der Waals surface area contributed by atoms with Gasteiger partial charge in [0.25, 0.3) is 5.56 Å². The van der Waals surface area contributed by atoms with Crippen LogP contribution >= 0.6 is 11.6 Å². The number of nitrogens with one attached hydrogen (secondary N) is 1. The van der Waals surface area contributed by atoms with E-state index in [0.29, 0.717) is 28.4 Å². The van der Waals surface area contributed by atoms with E-state index in [1.54, 1.807) is 22.9 Å². The van der Waals surface area contributed by atoms with E-state index >= 15 is 0 Å². The number of para-hydroxylation sites is 1. The Balaban J connectivity index is 1.93. The van der Waals surface area contributed by atoms with Gasteiger partial charge in [0.05, 0.1) is 21.6 Å². The number of hydrogen-bond acceptors (Lipinski definition) is 3. The number of nitrogens with zero attached hydrogens (tertiary/aromatic N) is 3. The van der Waals surface area contributed by atoms with Crippen molar-refractivity contribution in [3.05, 3.63) is 57.5 Å². The molecule has 0 bridgehead atoms. The highest BCUT2D eigenvalue weighted by molar-refractivity contribution is 6.35. The highest BCUT2D eigenvalue weighted by atomic mass is 35.5. The van der Waals surface area contributed by atoms with Crippen LogP contribution in [0.3, 0.4) is 0 Å². The van der Waals surface area contributed by atoms with Crippen LogP contribution in [-0.2, 0) is 13.0 Å². The Morgan fingerprint density at radius 2 is 2.04 bits per heavy atom. The molecule has 0 spiro atoms. The van der Waals surface area contributed by atoms with E-state index < -0.39 is 0 Å². The Morgan fingerprint density at radius 1 is 1.17 bits per heavy atom. The summed E-state index contributed by atoms with van der Waals surface area (Å²) in [5, 5.41) is 2.31. The molecule has 1 aliphatic rings. The lowest BCUT2D eigenvalue weighted by Crippen LogP contribution is -2.27. The van der Waals surface area contributed by atoms with Gasteiger partial charge in [-0.2, -0.15) is 0 Å². The first-order valence-electron chi connectivity index (χ1n) is 7.39. The second-order valence-electron chi connectivity index (χ2n) is 5.66. The number of aromatic amines is 1. The van der Waals surface area contributed by atoms with Crippen LogP contribution in [0.5, 0.6) is 0 Å². The van der Waals surface area contributed by atoms with Gasteiger partial charge in [-0.25, -0.2) is 9.97 Å². The van der Waals surface area contributed by atoms with E-state index in [-0.39, 0.29) is 5.56 Å². The van der Waals surface area contributed by atoms with Crippen molar-refractivity contribution in [3.8, 4) is 11.5 Å². The summed E-state index contributed by atoms with van der Waals surface area (Å²) in [5.74, 6) is 0.634. The predicted molar refractivity (Wildman–Crippen MR) is 89.8 cm³/mol. The third kappa shape index (κ3) is 1.65. The van der Waals surface area contributed by atoms with Crippen molar-refractivity contribution < 1.29 is 0 Å². The van der Waals surface area contributed by atoms with Crippen LogP contribution in [0, 0.1) is 0 Å². The quantitative estimate of drug-likeness (QED) is 0.541. The number of H-pyrrole nitrogens is 1. The molecule has 112 valence electrons. The van der Waals surface area contributed by atoms with Crippen molar-refractivity contribution in [3.63, 3.8) is 0 Å². The van der Waals surface area contributed by atoms with Crippen LogP contribution < -0.4 is 5.56 Å². The number of fused-ring (bicyclic) bond motifs is 6. The minimum Gasteiger partial charge on any atom is -0.351 e. The Hall–Kier alpha value is -2.66. The van der Waals surface area contributed by atoms with Crippen LogP contribution in [0.4, 0.5) is 0 Å². The smallest absolute Gasteiger partial charge is 0.263 e. The molecule has 3 aromatic heterocycles. The molecule has 6 heteroatoms. The first kappa shape index (κ1) is 12.8. The fraction of sp³-hybridized carbons (Fsp3) is 0.118. The van der Waals surface area contributed by atoms with Crippen molar-refractivity contribution in [2.45, 2.75) is 13.0 Å². The molecule has 0 unspecified atom stereocenters. The number of aromatic nitrogens is 4. The second kappa shape index (κ2) is 4.43. The fourth-order valence-electron chi connectivity index (χ4n) is 3.37. The number of pyridine rings is 1. The Labute approximate surface area is 135 Å². The van der Waals surface area contributed by atoms with Crippen molar-refractivity contribution in [1.29, 1.82) is 0 Å². The average Bonchev–Trinajstić information content (AvgIpc) is 2.96. The highest BCUT2D eigenvalue weighted by Crippen LogP contribution is 2.35. The zero-order valence-electron chi connectivity index (χ0n) is 12.0. The summed E-state index contributed by atoms with van der Waals surface area (Å²) < 4.78 is 1.72. The van der Waals surface area contributed by atoms with Crippen LogP contribution in [0.1, 0.15) is 5.56 Å². The van der Waals surface area contributed by atoms with E-state index in [2.05, 4.69) is 15.0 Å². The molecule has 0 aliphatic carbocycles. The lowest BCUT2D eigenvalue weighted by Gasteiger charge is -2.18. The maximum absolute atomic E-state index is 12.7. The van der Waals surface area contributed by atoms with E-state index in [4.69, 9.17) is 11.6 Å². The van der Waals surface area contributed by atoms with Crippen molar-refractivity contribution >= 4 is 33.5 Å². The van der Waals surface area contributed by atoms with E-state index in [1.807, 2.05) is 18.2 Å². The average molecular weight is 323 g/mol. The van der Waals surface area contributed by atoms with E-state index in [0.717, 1.165) is 28.6 Å². The predicted octanol–water partition coefficient (Wildman–Crippen LogP) is 3.15. The molecule has 1 aromatic carbocycles. The summed E-state index contributed by atoms with van der Waals surface area (Å²) >= 11 is 6.30. The normalized spacial score (nSPS) is 13.3. The van der Waals surface area contributed by atoms with Crippen molar-refractivity contribution in [1.82, 2.24) is 19.5 Å². The summed E-state index contributed by atoms with van der Waals surface area (Å²) in [6.45, 7) is 0.610. The topological polar surface area (TPSA) is 63.6 Å². The van der Waals surface area contributed by atoms with Crippen LogP contribution in [0.25, 0.3) is 33.5 Å². The Kier molecular flexibility index (Phi) is 2.47. The third-order valence-corrected chi connectivity index (χ3v) is 4.74. The van der Waals surface area contributed by atoms with E-state index in [9.17, 15) is 4.79 Å². The summed E-state index contributed by atoms with van der Waals surface area (Å²) in [6.07, 6.45) is 2.42. The highest BCUT2D eigenvalue weighted by Gasteiger charge is 2.24. The summed E-state index contributed by atoms with van der Waals surface area (Å²) in [5.41, 5.74) is 3.34. The molecule has 0 saturated carbocycles. The van der Waals surface area contributed by atoms with Gasteiger partial charge in [0.1, 0.15) is 0 Å². The summed E-state index contributed by atoms with van der Waals surface area (Å²) in [6, 6.07) is 9.37. The molecule has 4 aromatic rings. The molecule has 0 radical (unpaired) electrons. The van der Waals surface area contributed by atoms with Crippen molar-refractivity contribution in [2.75, 3.05) is 0 Å². The van der Waals surface area contributed by atoms with Crippen LogP contribution in [0.15, 0.2) is 41.3 Å². The lowest BCUT2D eigenvalue weighted by molar-refractivity contribution is 0.652. The van der Waals surface area contributed by atoms with Gasteiger partial charge in [-0.1, -0.05) is 23.7 Å². The molecule has 4 heterocycles. The van der Waals surface area contributed by atoms with Gasteiger partial charge < -0.3 is 4.98 Å². The van der Waals surface area contributed by atoms with Gasteiger partial charge in [0.2, 0.25) is 0 Å². The zero-order chi connectivity index (χ0) is 15.6. The van der Waals surface area contributed by atoms with Gasteiger partial charge in [-0.05, 0) is 30.2 Å². The third-order valence-electron chi connectivity index (χ3n) is 4.43. The molecular weight excluding hydrogens is 312 g/mol. The Bertz CT molecular complexity index is 1160. The molecule has 1 N–H and O–H groups in total. The number of halogens is 1. The fourth-order valence-corrected chi connectivity index (χ4v) is 3.59. The molecule has 5 nitrogen and oxygen atoms in total. The molecule has 0 atom stereocenters. The molecule has 0 fully saturated rings. The van der Waals surface area contributed by atoms with Crippen molar-refractivity contribution in [2.24, 2.45) is 0 Å². The number of aryl methyl sites for hydroxylation is 1. The zero-order valence-corrected chi connectivity index (χ0v) is 12.8. The lowest BCUT2D eigenvalue weighted by atomic mass is 10.0. The molecule has 1 aliphatic heterocycles. The van der Waals surface area contributed by atoms with Crippen LogP contribution in [0.2, 0.25) is 5.02 Å². The minimum absolute atomic E-state index is 0.0477. The monoisotopic (exact) mass is 322 g/mol. The minimum atomic E-state index is -0.0477. The van der Waals surface area contributed by atoms with E-state index in [1.165, 1.54) is 0 Å². The van der Waals surface area contributed by atoms with Crippen LogP contribution in [-0.4, -0.2) is 19.5 Å². The number of hydrogen-bond donors (Lipinski definition) is 1.